The molecule has 0 aliphatic heterocycles. The van der Waals surface area contributed by atoms with Crippen LogP contribution in [0.4, 0.5) is 132 Å². The summed E-state index contributed by atoms with van der Waals surface area (Å²) in [6.45, 7) is 0. The second kappa shape index (κ2) is 14.7. The predicted octanol–water partition coefficient (Wildman–Crippen LogP) is 11.6. The van der Waals surface area contributed by atoms with Gasteiger partial charge in [0.2, 0.25) is 0 Å². The molecule has 0 bridgehead atoms. The van der Waals surface area contributed by atoms with Gasteiger partial charge in [0.25, 0.3) is 0 Å². The van der Waals surface area contributed by atoms with E-state index < -0.39 is 167 Å². The summed E-state index contributed by atoms with van der Waals surface area (Å²) < 4.78 is 415. The van der Waals surface area contributed by atoms with Crippen molar-refractivity contribution in [3.63, 3.8) is 0 Å². The Labute approximate surface area is 314 Å². The molecule has 0 radical (unpaired) electrons. The van der Waals surface area contributed by atoms with Gasteiger partial charge < -0.3 is 0 Å². The lowest BCUT2D eigenvalue weighted by Gasteiger charge is -2.29. The zero-order valence-corrected chi connectivity index (χ0v) is 28.0. The largest absolute Gasteiger partial charge is 0.459 e. The zero-order valence-electron chi connectivity index (χ0n) is 27.1. The van der Waals surface area contributed by atoms with Crippen molar-refractivity contribution in [2.24, 2.45) is 0 Å². The van der Waals surface area contributed by atoms with Crippen molar-refractivity contribution in [1.82, 2.24) is 15.0 Å². The lowest BCUT2D eigenvalue weighted by Crippen LogP contribution is -2.41. The Balaban J connectivity index is 2.92. The Kier molecular flexibility index (Phi) is 12.3. The van der Waals surface area contributed by atoms with Crippen LogP contribution in [0.3, 0.4) is 0 Å². The van der Waals surface area contributed by atoms with E-state index in [-0.39, 0.29) is 0 Å². The molecule has 3 rings (SSSR count). The molecule has 0 aliphatic rings. The fourth-order valence-electron chi connectivity index (χ4n) is 4.22. The third-order valence-corrected chi connectivity index (χ3v) is 9.60. The number of nitrogens with zero attached hydrogens (tertiary/aromatic N) is 3. The van der Waals surface area contributed by atoms with E-state index in [1.165, 1.54) is 0 Å². The Hall–Kier alpha value is -4.22. The number of pyridine rings is 3. The molecule has 3 heterocycles. The minimum Gasteiger partial charge on any atom is -0.244 e. The molecule has 0 N–H and O–H groups in total. The first kappa shape index (κ1) is 51.1. The Morgan fingerprint density at radius 2 is 0.344 bits per heavy atom. The monoisotopic (exact) mass is 973 g/mol. The summed E-state index contributed by atoms with van der Waals surface area (Å²) >= 11 is 0. The maximum absolute atomic E-state index is 14.6. The van der Waals surface area contributed by atoms with Gasteiger partial charge in [-0.15, -0.1) is 0 Å². The number of aromatic nitrogens is 3. The molecule has 61 heavy (non-hydrogen) atoms. The minimum atomic E-state index is -7.28. The number of alkyl halides is 30. The molecule has 34 heteroatoms. The third-order valence-electron chi connectivity index (χ3n) is 7.27. The summed E-state index contributed by atoms with van der Waals surface area (Å²) in [5.41, 5.74) is -21.5. The van der Waals surface area contributed by atoms with E-state index in [1.54, 1.807) is 15.0 Å². The summed E-state index contributed by atoms with van der Waals surface area (Å²) in [4.78, 5) is 5.12. The van der Waals surface area contributed by atoms with Gasteiger partial charge in [-0.25, -0.2) is 15.0 Å². The molecule has 0 fully saturated rings. The molecular formula is C27H6F30N3P. The van der Waals surface area contributed by atoms with Gasteiger partial charge in [-0.2, -0.15) is 132 Å². The van der Waals surface area contributed by atoms with Gasteiger partial charge in [-0.1, -0.05) is 0 Å². The van der Waals surface area contributed by atoms with Gasteiger partial charge in [-0.3, -0.25) is 0 Å². The summed E-state index contributed by atoms with van der Waals surface area (Å²) in [5.74, 6) is -41.9. The van der Waals surface area contributed by atoms with E-state index in [2.05, 4.69) is 0 Å². The Morgan fingerprint density at radius 1 is 0.230 bits per heavy atom. The minimum absolute atomic E-state index is 1.30. The average Bonchev–Trinajstić information content (AvgIpc) is 3.05. The smallest absolute Gasteiger partial charge is 0.244 e. The first-order chi connectivity index (χ1) is 26.6. The highest BCUT2D eigenvalue weighted by Gasteiger charge is 2.67. The van der Waals surface area contributed by atoms with Crippen LogP contribution < -0.4 is 15.9 Å². The summed E-state index contributed by atoms with van der Waals surface area (Å²) in [7, 11) is -5.37. The molecule has 0 atom stereocenters. The molecule has 0 aromatic carbocycles. The highest BCUT2D eigenvalue weighted by Crippen LogP contribution is 2.52. The molecule has 0 spiro atoms. The fraction of sp³-hybridized carbons (Fsp3) is 0.444. The van der Waals surface area contributed by atoms with E-state index >= 15 is 0 Å². The van der Waals surface area contributed by atoms with Crippen molar-refractivity contribution in [2.45, 2.75) is 72.6 Å². The quantitative estimate of drug-likeness (QED) is 0.158. The molecule has 0 amide bonds. The summed E-state index contributed by atoms with van der Waals surface area (Å²) in [6.07, 6.45) is -43.7. The van der Waals surface area contributed by atoms with Crippen molar-refractivity contribution in [3.05, 3.63) is 70.6 Å². The molecule has 3 nitrogen and oxygen atoms in total. The Bertz CT molecular complexity index is 1730. The van der Waals surface area contributed by atoms with Gasteiger partial charge in [0, 0.05) is 0 Å². The van der Waals surface area contributed by atoms with Crippen molar-refractivity contribution in [1.29, 1.82) is 0 Å². The lowest BCUT2D eigenvalue weighted by molar-refractivity contribution is -0.295. The molecule has 0 saturated carbocycles. The van der Waals surface area contributed by atoms with E-state index in [1.807, 2.05) is 0 Å². The van der Waals surface area contributed by atoms with Crippen LogP contribution in [0.2, 0.25) is 0 Å². The standard InChI is InChI=1S/C27H6F30N3P/c28-16(29,22(40,41)42)10-1-7(2-11(58-10)17(30,31)23(43,44)45)61(8-3-12(18(32,33)24(46,47)48)59-13(4-8)19(34,35)25(49,50)51)9-5-14(20(36,37)26(52,53)54)60-15(6-9)21(38,39)27(55,56)57/h1-6H. The highest BCUT2D eigenvalue weighted by molar-refractivity contribution is 7.79. The van der Waals surface area contributed by atoms with Crippen molar-refractivity contribution in [3.8, 4) is 0 Å². The molecule has 3 aromatic heterocycles. The fourth-order valence-corrected chi connectivity index (χ4v) is 6.62. The molecule has 344 valence electrons. The van der Waals surface area contributed by atoms with Gasteiger partial charge in [-0.05, 0) is 60.2 Å². The molecule has 0 unspecified atom stereocenters. The third kappa shape index (κ3) is 9.01. The van der Waals surface area contributed by atoms with Crippen LogP contribution >= 0.6 is 7.92 Å². The van der Waals surface area contributed by atoms with Gasteiger partial charge in [0.05, 0.1) is 0 Å². The topological polar surface area (TPSA) is 38.7 Å². The predicted molar refractivity (Wildman–Crippen MR) is 138 cm³/mol. The first-order valence-electron chi connectivity index (χ1n) is 14.1. The lowest BCUT2D eigenvalue weighted by atomic mass is 10.1. The maximum Gasteiger partial charge on any atom is 0.459 e. The van der Waals surface area contributed by atoms with Gasteiger partial charge >= 0.3 is 72.6 Å². The second-order valence-corrected chi connectivity index (χ2v) is 13.8. The van der Waals surface area contributed by atoms with Crippen LogP contribution in [0.25, 0.3) is 0 Å². The van der Waals surface area contributed by atoms with Crippen LogP contribution in [0, 0.1) is 0 Å². The van der Waals surface area contributed by atoms with Crippen LogP contribution in [-0.2, 0) is 35.5 Å². The van der Waals surface area contributed by atoms with Crippen molar-refractivity contribution >= 4 is 23.8 Å². The van der Waals surface area contributed by atoms with E-state index in [0.717, 1.165) is 0 Å². The number of hydrogen-bond acceptors (Lipinski definition) is 3. The molecule has 0 saturated heterocycles. The second-order valence-electron chi connectivity index (χ2n) is 11.6. The van der Waals surface area contributed by atoms with Gasteiger partial charge in [0.1, 0.15) is 34.2 Å². The Morgan fingerprint density at radius 3 is 0.443 bits per heavy atom. The molecular weight excluding hydrogens is 967 g/mol. The summed E-state index contributed by atoms with van der Waals surface area (Å²) in [6, 6.07) is -7.82. The van der Waals surface area contributed by atoms with E-state index in [4.69, 9.17) is 0 Å². The van der Waals surface area contributed by atoms with Crippen molar-refractivity contribution < 1.29 is 132 Å². The van der Waals surface area contributed by atoms with E-state index in [9.17, 15) is 132 Å². The van der Waals surface area contributed by atoms with Crippen LogP contribution in [-0.4, -0.2) is 52.0 Å². The normalized spacial score (nSPS) is 15.2. The van der Waals surface area contributed by atoms with Crippen LogP contribution in [0.5, 0.6) is 0 Å². The highest BCUT2D eigenvalue weighted by atomic mass is 31.1. The van der Waals surface area contributed by atoms with Crippen LogP contribution in [0.15, 0.2) is 36.4 Å². The maximum atomic E-state index is 14.6. The molecule has 3 aromatic rings. The van der Waals surface area contributed by atoms with Crippen LogP contribution in [0.1, 0.15) is 34.2 Å². The van der Waals surface area contributed by atoms with Crippen molar-refractivity contribution in [2.75, 3.05) is 0 Å². The number of rotatable bonds is 9. The zero-order chi connectivity index (χ0) is 48.1. The number of hydrogen-bond donors (Lipinski definition) is 0. The molecule has 0 aliphatic carbocycles. The summed E-state index contributed by atoms with van der Waals surface area (Å²) in [5, 5.41) is -8.15. The SMILES string of the molecule is FC(F)(F)C(F)(F)c1cc(P(c2cc(C(F)(F)C(F)(F)F)nc(C(F)(F)C(F)(F)F)c2)c2cc(C(F)(F)C(F)(F)F)nc(C(F)(F)C(F)(F)F)c2)cc(C(F)(F)C(F)(F)F)n1. The number of halogens is 30. The van der Waals surface area contributed by atoms with E-state index in [0.29, 0.717) is 0 Å². The first-order valence-corrected chi connectivity index (χ1v) is 15.5. The average molecular weight is 973 g/mol. The van der Waals surface area contributed by atoms with Gasteiger partial charge in [0.15, 0.2) is 0 Å².